The zero-order valence-electron chi connectivity index (χ0n) is 10.2. The second kappa shape index (κ2) is 5.29. The van der Waals surface area contributed by atoms with E-state index in [0.717, 1.165) is 29.4 Å². The number of ether oxygens (including phenoxy) is 1. The van der Waals surface area contributed by atoms with Gasteiger partial charge in [0.15, 0.2) is 0 Å². The lowest BCUT2D eigenvalue weighted by Gasteiger charge is -2.08. The second-order valence-electron chi connectivity index (χ2n) is 4.73. The van der Waals surface area contributed by atoms with Gasteiger partial charge in [0.1, 0.15) is 12.4 Å². The number of rotatable bonds is 5. The van der Waals surface area contributed by atoms with E-state index in [1.54, 1.807) is 0 Å². The Balaban J connectivity index is 1.62. The largest absolute Gasteiger partial charge is 0.492 e. The number of hydrogen-bond donors (Lipinski definition) is 1. The van der Waals surface area contributed by atoms with E-state index >= 15 is 0 Å². The number of halogens is 1. The van der Waals surface area contributed by atoms with Crippen LogP contribution in [0.4, 0.5) is 0 Å². The van der Waals surface area contributed by atoms with Gasteiger partial charge < -0.3 is 10.1 Å². The van der Waals surface area contributed by atoms with Crippen molar-refractivity contribution in [1.29, 1.82) is 0 Å². The third-order valence-corrected chi connectivity index (χ3v) is 3.65. The molecule has 94 valence electrons. The van der Waals surface area contributed by atoms with E-state index in [9.17, 15) is 0 Å². The van der Waals surface area contributed by atoms with Crippen LogP contribution < -0.4 is 10.1 Å². The molecular weight excluding hydrogens is 290 g/mol. The third kappa shape index (κ3) is 3.03. The topological polar surface area (TPSA) is 21.3 Å². The minimum absolute atomic E-state index is 0.735. The van der Waals surface area contributed by atoms with Crippen LogP contribution in [0.25, 0.3) is 10.8 Å². The normalized spacial score (nSPS) is 14.9. The summed E-state index contributed by atoms with van der Waals surface area (Å²) in [6.45, 7) is 1.67. The zero-order chi connectivity index (χ0) is 12.4. The van der Waals surface area contributed by atoms with E-state index in [-0.39, 0.29) is 0 Å². The molecule has 18 heavy (non-hydrogen) atoms. The molecule has 0 bridgehead atoms. The molecule has 1 aliphatic carbocycles. The maximum absolute atomic E-state index is 5.75. The van der Waals surface area contributed by atoms with Crippen LogP contribution in [0.5, 0.6) is 5.75 Å². The number of hydrogen-bond acceptors (Lipinski definition) is 2. The Bertz CT molecular complexity index is 551. The molecule has 0 aromatic heterocycles. The smallest absolute Gasteiger partial charge is 0.120 e. The van der Waals surface area contributed by atoms with Gasteiger partial charge in [0.2, 0.25) is 0 Å². The van der Waals surface area contributed by atoms with Gasteiger partial charge in [-0.05, 0) is 47.9 Å². The molecule has 2 aromatic rings. The molecule has 3 rings (SSSR count). The first-order chi connectivity index (χ1) is 8.81. The lowest BCUT2D eigenvalue weighted by Crippen LogP contribution is -2.22. The highest BCUT2D eigenvalue weighted by molar-refractivity contribution is 9.10. The van der Waals surface area contributed by atoms with Crippen LogP contribution in [0.3, 0.4) is 0 Å². The molecule has 3 heteroatoms. The Hall–Kier alpha value is -1.06. The van der Waals surface area contributed by atoms with Crippen molar-refractivity contribution >= 4 is 26.7 Å². The van der Waals surface area contributed by atoms with Gasteiger partial charge in [-0.1, -0.05) is 28.1 Å². The number of nitrogens with one attached hydrogen (secondary N) is 1. The average Bonchev–Trinajstić information content (AvgIpc) is 3.19. The summed E-state index contributed by atoms with van der Waals surface area (Å²) >= 11 is 3.48. The average molecular weight is 306 g/mol. The first-order valence-corrected chi connectivity index (χ1v) is 7.16. The van der Waals surface area contributed by atoms with E-state index in [1.165, 1.54) is 23.6 Å². The summed E-state index contributed by atoms with van der Waals surface area (Å²) in [5.74, 6) is 0.947. The van der Waals surface area contributed by atoms with Crippen molar-refractivity contribution < 1.29 is 4.74 Å². The van der Waals surface area contributed by atoms with Crippen LogP contribution >= 0.6 is 15.9 Å². The van der Waals surface area contributed by atoms with Crippen LogP contribution in [0.2, 0.25) is 0 Å². The van der Waals surface area contributed by atoms with Gasteiger partial charge in [0, 0.05) is 17.1 Å². The molecule has 0 heterocycles. The quantitative estimate of drug-likeness (QED) is 0.850. The van der Waals surface area contributed by atoms with Crippen LogP contribution in [-0.4, -0.2) is 19.2 Å². The monoisotopic (exact) mass is 305 g/mol. The Morgan fingerprint density at radius 3 is 2.72 bits per heavy atom. The summed E-state index contributed by atoms with van der Waals surface area (Å²) < 4.78 is 6.86. The van der Waals surface area contributed by atoms with Gasteiger partial charge in [0.05, 0.1) is 0 Å². The van der Waals surface area contributed by atoms with Crippen molar-refractivity contribution in [1.82, 2.24) is 5.32 Å². The van der Waals surface area contributed by atoms with Gasteiger partial charge in [-0.3, -0.25) is 0 Å². The number of benzene rings is 2. The van der Waals surface area contributed by atoms with E-state index in [2.05, 4.69) is 51.6 Å². The van der Waals surface area contributed by atoms with E-state index < -0.39 is 0 Å². The summed E-state index contributed by atoms with van der Waals surface area (Å²) in [4.78, 5) is 0. The van der Waals surface area contributed by atoms with Crippen molar-refractivity contribution in [2.45, 2.75) is 18.9 Å². The summed E-state index contributed by atoms with van der Waals surface area (Å²) in [6, 6.07) is 13.3. The highest BCUT2D eigenvalue weighted by atomic mass is 79.9. The van der Waals surface area contributed by atoms with E-state index in [0.29, 0.717) is 0 Å². The molecule has 0 spiro atoms. The second-order valence-corrected chi connectivity index (χ2v) is 5.65. The van der Waals surface area contributed by atoms with Crippen LogP contribution in [0.15, 0.2) is 40.9 Å². The fourth-order valence-corrected chi connectivity index (χ4v) is 2.38. The molecule has 0 unspecified atom stereocenters. The molecular formula is C15H16BrNO. The minimum atomic E-state index is 0.735. The summed E-state index contributed by atoms with van der Waals surface area (Å²) in [5.41, 5.74) is 0. The molecule has 0 saturated heterocycles. The maximum Gasteiger partial charge on any atom is 0.120 e. The standard InChI is InChI=1S/C15H16BrNO/c16-13-3-1-12-10-15(6-2-11(12)9-13)18-8-7-17-14-4-5-14/h1-3,6,9-10,14,17H,4-5,7-8H2. The molecule has 1 fully saturated rings. The Morgan fingerprint density at radius 1 is 1.11 bits per heavy atom. The fraction of sp³-hybridized carbons (Fsp3) is 0.333. The Labute approximate surface area is 115 Å². The van der Waals surface area contributed by atoms with E-state index in [4.69, 9.17) is 4.74 Å². The molecule has 0 radical (unpaired) electrons. The molecule has 2 aromatic carbocycles. The molecule has 1 saturated carbocycles. The minimum Gasteiger partial charge on any atom is -0.492 e. The first-order valence-electron chi connectivity index (χ1n) is 6.37. The van der Waals surface area contributed by atoms with Gasteiger partial charge >= 0.3 is 0 Å². The van der Waals surface area contributed by atoms with Crippen LogP contribution in [-0.2, 0) is 0 Å². The predicted octanol–water partition coefficient (Wildman–Crippen LogP) is 3.73. The molecule has 0 atom stereocenters. The highest BCUT2D eigenvalue weighted by Crippen LogP contribution is 2.24. The fourth-order valence-electron chi connectivity index (χ4n) is 2.00. The van der Waals surface area contributed by atoms with Crippen molar-refractivity contribution in [3.8, 4) is 5.75 Å². The first kappa shape index (κ1) is 12.0. The van der Waals surface area contributed by atoms with Gasteiger partial charge in [-0.2, -0.15) is 0 Å². The highest BCUT2D eigenvalue weighted by Gasteiger charge is 2.19. The zero-order valence-corrected chi connectivity index (χ0v) is 11.7. The lowest BCUT2D eigenvalue weighted by molar-refractivity contribution is 0.314. The van der Waals surface area contributed by atoms with Crippen LogP contribution in [0.1, 0.15) is 12.8 Å². The maximum atomic E-state index is 5.75. The van der Waals surface area contributed by atoms with Crippen molar-refractivity contribution in [2.75, 3.05) is 13.2 Å². The van der Waals surface area contributed by atoms with Crippen molar-refractivity contribution in [3.63, 3.8) is 0 Å². The van der Waals surface area contributed by atoms with Gasteiger partial charge in [-0.15, -0.1) is 0 Å². The Morgan fingerprint density at radius 2 is 1.89 bits per heavy atom. The molecule has 0 amide bonds. The third-order valence-electron chi connectivity index (χ3n) is 3.15. The summed E-state index contributed by atoms with van der Waals surface area (Å²) in [6.07, 6.45) is 2.65. The lowest BCUT2D eigenvalue weighted by atomic mass is 10.1. The predicted molar refractivity (Wildman–Crippen MR) is 78.2 cm³/mol. The van der Waals surface area contributed by atoms with Crippen molar-refractivity contribution in [3.05, 3.63) is 40.9 Å². The van der Waals surface area contributed by atoms with E-state index in [1.807, 2.05) is 6.07 Å². The van der Waals surface area contributed by atoms with Crippen LogP contribution in [0, 0.1) is 0 Å². The molecule has 0 aliphatic heterocycles. The molecule has 1 N–H and O–H groups in total. The van der Waals surface area contributed by atoms with Gasteiger partial charge in [-0.25, -0.2) is 0 Å². The molecule has 1 aliphatic rings. The summed E-state index contributed by atoms with van der Waals surface area (Å²) in [7, 11) is 0. The van der Waals surface area contributed by atoms with Crippen molar-refractivity contribution in [2.24, 2.45) is 0 Å². The molecule has 2 nitrogen and oxygen atoms in total. The summed E-state index contributed by atoms with van der Waals surface area (Å²) in [5, 5.41) is 5.88. The van der Waals surface area contributed by atoms with Gasteiger partial charge in [0.25, 0.3) is 0 Å². The number of fused-ring (bicyclic) bond motifs is 1. The SMILES string of the molecule is Brc1ccc2cc(OCCNC3CC3)ccc2c1. The Kier molecular flexibility index (Phi) is 3.52.